The maximum absolute atomic E-state index is 12.4. The highest BCUT2D eigenvalue weighted by atomic mass is 16.6. The number of rotatable bonds is 2. The van der Waals surface area contributed by atoms with Crippen molar-refractivity contribution in [3.8, 4) is 18.2 Å². The minimum absolute atomic E-state index is 0.213. The Morgan fingerprint density at radius 2 is 1.88 bits per heavy atom. The molecular weight excluding hydrogens is 320 g/mol. The molecule has 1 heterocycles. The van der Waals surface area contributed by atoms with E-state index >= 15 is 0 Å². The first-order valence-electron chi connectivity index (χ1n) is 7.22. The van der Waals surface area contributed by atoms with Gasteiger partial charge in [0.1, 0.15) is 35.0 Å². The van der Waals surface area contributed by atoms with Gasteiger partial charge in [-0.15, -0.1) is 0 Å². The molecule has 0 radical (unpaired) electrons. The molecule has 25 heavy (non-hydrogen) atoms. The zero-order valence-corrected chi connectivity index (χ0v) is 13.9. The van der Waals surface area contributed by atoms with Crippen molar-refractivity contribution in [1.29, 1.82) is 15.8 Å². The summed E-state index contributed by atoms with van der Waals surface area (Å²) in [5.41, 5.74) is -0.554. The Morgan fingerprint density at radius 3 is 2.44 bits per heavy atom. The van der Waals surface area contributed by atoms with Crippen LogP contribution in [-0.4, -0.2) is 21.5 Å². The third-order valence-electron chi connectivity index (χ3n) is 3.00. The number of para-hydroxylation sites is 1. The summed E-state index contributed by atoms with van der Waals surface area (Å²) in [5, 5.41) is 34.4. The molecule has 8 nitrogen and oxygen atoms in total. The van der Waals surface area contributed by atoms with Crippen LogP contribution in [0.2, 0.25) is 0 Å². The van der Waals surface area contributed by atoms with Crippen molar-refractivity contribution in [3.63, 3.8) is 0 Å². The monoisotopic (exact) mass is 334 g/mol. The van der Waals surface area contributed by atoms with E-state index in [1.165, 1.54) is 6.20 Å². The van der Waals surface area contributed by atoms with Crippen molar-refractivity contribution in [2.24, 2.45) is 0 Å². The molecule has 0 aliphatic carbocycles. The average molecular weight is 334 g/mol. The van der Waals surface area contributed by atoms with E-state index < -0.39 is 11.7 Å². The van der Waals surface area contributed by atoms with Crippen LogP contribution in [0.5, 0.6) is 0 Å². The average Bonchev–Trinajstić information content (AvgIpc) is 2.98. The van der Waals surface area contributed by atoms with Crippen LogP contribution < -0.4 is 5.32 Å². The molecule has 0 saturated carbocycles. The Hall–Kier alpha value is -3.83. The molecule has 1 N–H and O–H groups in total. The van der Waals surface area contributed by atoms with E-state index in [2.05, 4.69) is 10.4 Å². The highest BCUT2D eigenvalue weighted by Crippen LogP contribution is 2.25. The maximum atomic E-state index is 12.4. The van der Waals surface area contributed by atoms with Crippen LogP contribution in [0.25, 0.3) is 10.9 Å². The van der Waals surface area contributed by atoms with E-state index in [1.54, 1.807) is 57.2 Å². The Balaban J connectivity index is 2.57. The first kappa shape index (κ1) is 17.5. The number of nitrogens with one attached hydrogen (secondary N) is 1. The Labute approximate surface area is 144 Å². The fourth-order valence-corrected chi connectivity index (χ4v) is 2.04. The second-order valence-electron chi connectivity index (χ2n) is 5.99. The van der Waals surface area contributed by atoms with Gasteiger partial charge in [0, 0.05) is 5.39 Å². The fraction of sp³-hybridized carbons (Fsp3) is 0.235. The van der Waals surface area contributed by atoms with E-state index in [0.717, 1.165) is 4.68 Å². The maximum Gasteiger partial charge on any atom is 0.435 e. The van der Waals surface area contributed by atoms with Crippen LogP contribution in [0.1, 0.15) is 20.8 Å². The lowest BCUT2D eigenvalue weighted by atomic mass is 10.2. The van der Waals surface area contributed by atoms with Crippen molar-refractivity contribution in [2.75, 3.05) is 5.32 Å². The summed E-state index contributed by atoms with van der Waals surface area (Å²) in [7, 11) is 0. The lowest BCUT2D eigenvalue weighted by Crippen LogP contribution is -2.27. The predicted octanol–water partition coefficient (Wildman–Crippen LogP) is 3.06. The number of hydrogen-bond donors (Lipinski definition) is 1. The highest BCUT2D eigenvalue weighted by molar-refractivity contribution is 5.97. The zero-order chi connectivity index (χ0) is 18.6. The molecule has 0 saturated heterocycles. The summed E-state index contributed by atoms with van der Waals surface area (Å²) in [6, 6.07) is 10.1. The molecule has 2 aromatic rings. The van der Waals surface area contributed by atoms with Gasteiger partial charge in [-0.3, -0.25) is 0 Å². The largest absolute Gasteiger partial charge is 0.442 e. The number of benzene rings is 1. The molecule has 0 amide bonds. The summed E-state index contributed by atoms with van der Waals surface area (Å²) in [6.45, 7) is 5.20. The molecular formula is C17H14N6O2. The van der Waals surface area contributed by atoms with E-state index in [-0.39, 0.29) is 11.3 Å². The number of nitriles is 3. The van der Waals surface area contributed by atoms with Crippen molar-refractivity contribution >= 4 is 22.7 Å². The van der Waals surface area contributed by atoms with Crippen LogP contribution in [-0.2, 0) is 4.74 Å². The number of nitrogens with zero attached hydrogens (tertiary/aromatic N) is 5. The molecule has 8 heteroatoms. The summed E-state index contributed by atoms with van der Waals surface area (Å²) in [5.74, 6) is 0. The first-order valence-corrected chi connectivity index (χ1v) is 7.22. The van der Waals surface area contributed by atoms with Gasteiger partial charge >= 0.3 is 6.09 Å². The Morgan fingerprint density at radius 1 is 1.20 bits per heavy atom. The van der Waals surface area contributed by atoms with E-state index in [4.69, 9.17) is 15.3 Å². The Kier molecular flexibility index (Phi) is 4.72. The van der Waals surface area contributed by atoms with Gasteiger partial charge in [0.2, 0.25) is 0 Å². The fourth-order valence-electron chi connectivity index (χ4n) is 2.04. The number of fused-ring (bicyclic) bond motifs is 1. The minimum atomic E-state index is -0.704. The smallest absolute Gasteiger partial charge is 0.435 e. The normalized spacial score (nSPS) is 10.2. The molecule has 0 atom stereocenters. The topological polar surface area (TPSA) is 128 Å². The van der Waals surface area contributed by atoms with Crippen molar-refractivity contribution in [3.05, 3.63) is 35.7 Å². The third-order valence-corrected chi connectivity index (χ3v) is 3.00. The van der Waals surface area contributed by atoms with Gasteiger partial charge in [-0.05, 0) is 26.8 Å². The van der Waals surface area contributed by atoms with Crippen molar-refractivity contribution in [2.45, 2.75) is 26.4 Å². The SMILES string of the molecule is CC(C)(C)OC(=O)n1ncc2cccc(NC(C#N)=C(C#N)C#N)c21. The van der Waals surface area contributed by atoms with Gasteiger partial charge in [0.15, 0.2) is 5.57 Å². The van der Waals surface area contributed by atoms with Gasteiger partial charge < -0.3 is 10.1 Å². The zero-order valence-electron chi connectivity index (χ0n) is 13.9. The number of hydrogen-bond acceptors (Lipinski definition) is 7. The van der Waals surface area contributed by atoms with Gasteiger partial charge in [0.05, 0.1) is 11.9 Å². The molecule has 0 aliphatic rings. The second-order valence-corrected chi connectivity index (χ2v) is 5.99. The molecule has 1 aromatic carbocycles. The van der Waals surface area contributed by atoms with E-state index in [1.807, 2.05) is 0 Å². The lowest BCUT2D eigenvalue weighted by molar-refractivity contribution is 0.0523. The molecule has 0 aliphatic heterocycles. The molecule has 0 spiro atoms. The van der Waals surface area contributed by atoms with Gasteiger partial charge in [0.25, 0.3) is 0 Å². The highest BCUT2D eigenvalue weighted by Gasteiger charge is 2.21. The van der Waals surface area contributed by atoms with Crippen molar-refractivity contribution in [1.82, 2.24) is 9.78 Å². The van der Waals surface area contributed by atoms with E-state index in [9.17, 15) is 10.1 Å². The number of carbonyl (C=O) groups is 1. The predicted molar refractivity (Wildman–Crippen MR) is 88.9 cm³/mol. The number of anilines is 1. The number of allylic oxidation sites excluding steroid dienone is 2. The molecule has 0 unspecified atom stereocenters. The van der Waals surface area contributed by atoms with Crippen LogP contribution in [0.3, 0.4) is 0 Å². The molecule has 2 rings (SSSR count). The molecule has 1 aromatic heterocycles. The molecule has 124 valence electrons. The van der Waals surface area contributed by atoms with Crippen molar-refractivity contribution < 1.29 is 9.53 Å². The minimum Gasteiger partial charge on any atom is -0.442 e. The lowest BCUT2D eigenvalue weighted by Gasteiger charge is -2.19. The summed E-state index contributed by atoms with van der Waals surface area (Å²) < 4.78 is 6.38. The number of carbonyl (C=O) groups excluding carboxylic acids is 1. The van der Waals surface area contributed by atoms with Crippen LogP contribution in [0, 0.1) is 34.0 Å². The summed E-state index contributed by atoms with van der Waals surface area (Å²) in [4.78, 5) is 12.4. The van der Waals surface area contributed by atoms with Gasteiger partial charge in [-0.25, -0.2) is 4.79 Å². The Bertz CT molecular complexity index is 973. The molecule has 0 bridgehead atoms. The van der Waals surface area contributed by atoms with Crippen LogP contribution in [0.15, 0.2) is 35.7 Å². The summed E-state index contributed by atoms with van der Waals surface area (Å²) >= 11 is 0. The van der Waals surface area contributed by atoms with Gasteiger partial charge in [-0.1, -0.05) is 12.1 Å². The first-order chi connectivity index (χ1) is 11.8. The second kappa shape index (κ2) is 6.74. The standard InChI is InChI=1S/C17H14N6O2/c1-17(2,3)25-16(24)23-15-11(10-21-23)5-4-6-13(15)22-14(9-20)12(7-18)8-19/h4-6,10,22H,1-3H3. The molecule has 0 fully saturated rings. The summed E-state index contributed by atoms with van der Waals surface area (Å²) in [6.07, 6.45) is 0.801. The van der Waals surface area contributed by atoms with Gasteiger partial charge in [-0.2, -0.15) is 25.6 Å². The quantitative estimate of drug-likeness (QED) is 0.836. The number of ether oxygens (including phenoxy) is 1. The van der Waals surface area contributed by atoms with Crippen LogP contribution >= 0.6 is 0 Å². The third kappa shape index (κ3) is 3.74. The van der Waals surface area contributed by atoms with Crippen LogP contribution in [0.4, 0.5) is 10.5 Å². The number of aromatic nitrogens is 2. The van der Waals surface area contributed by atoms with E-state index in [0.29, 0.717) is 16.6 Å².